The number of furan rings is 1. The second kappa shape index (κ2) is 9.14. The van der Waals surface area contributed by atoms with E-state index in [1.807, 2.05) is 29.0 Å². The quantitative estimate of drug-likeness (QED) is 0.570. The summed E-state index contributed by atoms with van der Waals surface area (Å²) in [6.45, 7) is 0.308. The van der Waals surface area contributed by atoms with Crippen molar-refractivity contribution in [2.24, 2.45) is 0 Å². The maximum atomic E-state index is 12.1. The molecule has 0 unspecified atom stereocenters. The van der Waals surface area contributed by atoms with Crippen molar-refractivity contribution in [1.29, 1.82) is 0 Å². The molecule has 0 aliphatic heterocycles. The number of thiophene rings is 1. The lowest BCUT2D eigenvalue weighted by atomic mass is 10.1. The van der Waals surface area contributed by atoms with Gasteiger partial charge in [-0.1, -0.05) is 0 Å². The topological polar surface area (TPSA) is 69.9 Å². The van der Waals surface area contributed by atoms with E-state index in [-0.39, 0.29) is 5.91 Å². The van der Waals surface area contributed by atoms with Crippen molar-refractivity contribution in [1.82, 2.24) is 5.32 Å². The molecule has 28 heavy (non-hydrogen) atoms. The first-order valence-electron chi connectivity index (χ1n) is 8.51. The molecular formula is C21H21NO5S. The van der Waals surface area contributed by atoms with Gasteiger partial charge in [0.05, 0.1) is 27.9 Å². The van der Waals surface area contributed by atoms with Crippen LogP contribution in [0.3, 0.4) is 0 Å². The molecule has 2 aromatic heterocycles. The van der Waals surface area contributed by atoms with Crippen LogP contribution in [0.5, 0.6) is 17.2 Å². The third-order valence-corrected chi connectivity index (χ3v) is 4.70. The molecule has 0 radical (unpaired) electrons. The van der Waals surface area contributed by atoms with Gasteiger partial charge >= 0.3 is 0 Å². The lowest BCUT2D eigenvalue weighted by Gasteiger charge is -2.12. The van der Waals surface area contributed by atoms with E-state index in [1.165, 1.54) is 6.08 Å². The molecule has 1 amide bonds. The highest BCUT2D eigenvalue weighted by Crippen LogP contribution is 2.38. The van der Waals surface area contributed by atoms with E-state index in [4.69, 9.17) is 18.6 Å². The van der Waals surface area contributed by atoms with Crippen LogP contribution in [0.25, 0.3) is 17.4 Å². The number of carbonyl (C=O) groups is 1. The minimum Gasteiger partial charge on any atom is -0.493 e. The van der Waals surface area contributed by atoms with Crippen molar-refractivity contribution in [3.05, 3.63) is 58.5 Å². The molecule has 0 saturated heterocycles. The molecule has 6 nitrogen and oxygen atoms in total. The normalized spacial score (nSPS) is 10.8. The highest BCUT2D eigenvalue weighted by Gasteiger charge is 2.12. The standard InChI is InChI=1S/C21H21NO5S/c1-24-18-10-14(11-19(25-2)21(18)26-3)4-7-20(23)22-12-16-5-6-17(27-16)15-8-9-28-13-15/h4-11,13H,12H2,1-3H3,(H,22,23)/b7-4+. The van der Waals surface area contributed by atoms with Gasteiger partial charge in [0.1, 0.15) is 11.5 Å². The Kier molecular flexibility index (Phi) is 6.39. The summed E-state index contributed by atoms with van der Waals surface area (Å²) in [5.74, 6) is 2.80. The molecular weight excluding hydrogens is 378 g/mol. The molecule has 0 aliphatic rings. The highest BCUT2D eigenvalue weighted by molar-refractivity contribution is 7.08. The summed E-state index contributed by atoms with van der Waals surface area (Å²) in [6.07, 6.45) is 3.13. The number of hydrogen-bond donors (Lipinski definition) is 1. The van der Waals surface area contributed by atoms with E-state index in [1.54, 1.807) is 50.9 Å². The molecule has 3 aromatic rings. The first-order valence-corrected chi connectivity index (χ1v) is 9.46. The number of rotatable bonds is 8. The number of amides is 1. The fourth-order valence-electron chi connectivity index (χ4n) is 2.64. The third-order valence-electron chi connectivity index (χ3n) is 4.02. The molecule has 146 valence electrons. The van der Waals surface area contributed by atoms with Gasteiger partial charge in [-0.15, -0.1) is 0 Å². The minimum absolute atomic E-state index is 0.234. The zero-order chi connectivity index (χ0) is 19.9. The Labute approximate surface area is 167 Å². The van der Waals surface area contributed by atoms with Crippen LogP contribution in [0, 0.1) is 0 Å². The number of methoxy groups -OCH3 is 3. The van der Waals surface area contributed by atoms with E-state index in [0.29, 0.717) is 29.6 Å². The second-order valence-corrected chi connectivity index (χ2v) is 6.57. The summed E-state index contributed by atoms with van der Waals surface area (Å²) in [4.78, 5) is 12.1. The van der Waals surface area contributed by atoms with Crippen molar-refractivity contribution in [3.8, 4) is 28.6 Å². The van der Waals surface area contributed by atoms with Crippen LogP contribution in [0.15, 0.2) is 51.6 Å². The van der Waals surface area contributed by atoms with Gasteiger partial charge in [-0.05, 0) is 47.4 Å². The summed E-state index contributed by atoms with van der Waals surface area (Å²) in [5.41, 5.74) is 1.78. The molecule has 2 heterocycles. The monoisotopic (exact) mass is 399 g/mol. The Morgan fingerprint density at radius 3 is 2.46 bits per heavy atom. The Bertz CT molecular complexity index is 934. The summed E-state index contributed by atoms with van der Waals surface area (Å²) in [7, 11) is 4.64. The van der Waals surface area contributed by atoms with Gasteiger partial charge in [-0.25, -0.2) is 0 Å². The number of ether oxygens (including phenoxy) is 3. The molecule has 0 fully saturated rings. The number of hydrogen-bond acceptors (Lipinski definition) is 6. The second-order valence-electron chi connectivity index (χ2n) is 5.79. The molecule has 0 bridgehead atoms. The zero-order valence-corrected chi connectivity index (χ0v) is 16.7. The summed E-state index contributed by atoms with van der Waals surface area (Å²) in [6, 6.07) is 9.28. The Morgan fingerprint density at radius 2 is 1.86 bits per heavy atom. The van der Waals surface area contributed by atoms with Crippen LogP contribution in [0.2, 0.25) is 0 Å². The minimum atomic E-state index is -0.234. The smallest absolute Gasteiger partial charge is 0.244 e. The van der Waals surface area contributed by atoms with Crippen LogP contribution in [-0.4, -0.2) is 27.2 Å². The molecule has 0 spiro atoms. The van der Waals surface area contributed by atoms with Crippen molar-refractivity contribution < 1.29 is 23.4 Å². The SMILES string of the molecule is COc1cc(/C=C/C(=O)NCc2ccc(-c3ccsc3)o2)cc(OC)c1OC. The van der Waals surface area contributed by atoms with Crippen molar-refractivity contribution in [2.75, 3.05) is 21.3 Å². The van der Waals surface area contributed by atoms with Crippen LogP contribution in [0.1, 0.15) is 11.3 Å². The lowest BCUT2D eigenvalue weighted by Crippen LogP contribution is -2.19. The van der Waals surface area contributed by atoms with E-state index < -0.39 is 0 Å². The number of nitrogens with one attached hydrogen (secondary N) is 1. The third kappa shape index (κ3) is 4.55. The molecule has 1 aromatic carbocycles. The highest BCUT2D eigenvalue weighted by atomic mass is 32.1. The average Bonchev–Trinajstić information content (AvgIpc) is 3.41. The summed E-state index contributed by atoms with van der Waals surface area (Å²) in [5, 5.41) is 6.81. The van der Waals surface area contributed by atoms with Gasteiger partial charge in [0.15, 0.2) is 11.5 Å². The predicted molar refractivity (Wildman–Crippen MR) is 109 cm³/mol. The van der Waals surface area contributed by atoms with Crippen LogP contribution in [-0.2, 0) is 11.3 Å². The fourth-order valence-corrected chi connectivity index (χ4v) is 3.28. The molecule has 0 aliphatic carbocycles. The Morgan fingerprint density at radius 1 is 1.11 bits per heavy atom. The first-order chi connectivity index (χ1) is 13.6. The van der Waals surface area contributed by atoms with Gasteiger partial charge in [-0.3, -0.25) is 4.79 Å². The van der Waals surface area contributed by atoms with Gasteiger partial charge in [0.2, 0.25) is 11.7 Å². The predicted octanol–water partition coefficient (Wildman–Crippen LogP) is 4.36. The van der Waals surface area contributed by atoms with Crippen LogP contribution < -0.4 is 19.5 Å². The van der Waals surface area contributed by atoms with Gasteiger partial charge in [0.25, 0.3) is 0 Å². The summed E-state index contributed by atoms with van der Waals surface area (Å²) < 4.78 is 21.7. The lowest BCUT2D eigenvalue weighted by molar-refractivity contribution is -0.116. The van der Waals surface area contributed by atoms with Crippen LogP contribution in [0.4, 0.5) is 0 Å². The van der Waals surface area contributed by atoms with E-state index in [9.17, 15) is 4.79 Å². The zero-order valence-electron chi connectivity index (χ0n) is 15.9. The summed E-state index contributed by atoms with van der Waals surface area (Å²) >= 11 is 1.61. The molecule has 3 rings (SSSR count). The van der Waals surface area contributed by atoms with Crippen molar-refractivity contribution in [2.45, 2.75) is 6.54 Å². The van der Waals surface area contributed by atoms with E-state index >= 15 is 0 Å². The fraction of sp³-hybridized carbons (Fsp3) is 0.190. The first kappa shape index (κ1) is 19.6. The number of carbonyl (C=O) groups excluding carboxylic acids is 1. The number of benzene rings is 1. The average molecular weight is 399 g/mol. The molecule has 0 saturated carbocycles. The molecule has 7 heteroatoms. The van der Waals surface area contributed by atoms with Gasteiger partial charge < -0.3 is 23.9 Å². The largest absolute Gasteiger partial charge is 0.493 e. The van der Waals surface area contributed by atoms with Crippen molar-refractivity contribution >= 4 is 23.3 Å². The van der Waals surface area contributed by atoms with E-state index in [0.717, 1.165) is 16.9 Å². The van der Waals surface area contributed by atoms with E-state index in [2.05, 4.69) is 5.32 Å². The Hall–Kier alpha value is -3.19. The molecule has 1 N–H and O–H groups in total. The van der Waals surface area contributed by atoms with Crippen molar-refractivity contribution in [3.63, 3.8) is 0 Å². The van der Waals surface area contributed by atoms with Gasteiger partial charge in [-0.2, -0.15) is 11.3 Å². The molecule has 0 atom stereocenters. The van der Waals surface area contributed by atoms with Gasteiger partial charge in [0, 0.05) is 17.0 Å². The maximum absolute atomic E-state index is 12.1. The Balaban J connectivity index is 1.62. The maximum Gasteiger partial charge on any atom is 0.244 e. The van der Waals surface area contributed by atoms with Crippen LogP contribution >= 0.6 is 11.3 Å².